The first-order valence-electron chi connectivity index (χ1n) is 40.0. The van der Waals surface area contributed by atoms with Crippen LogP contribution in [0.5, 0.6) is 5.75 Å². The first kappa shape index (κ1) is 106. The normalized spacial score (nSPS) is 14.8. The highest BCUT2D eigenvalue weighted by Crippen LogP contribution is 2.18. The fourth-order valence-electron chi connectivity index (χ4n) is 12.2. The second-order valence-electron chi connectivity index (χ2n) is 30.0. The fourth-order valence-corrected chi connectivity index (χ4v) is 12.2. The molecule has 0 aliphatic rings. The molecule has 0 aliphatic heterocycles. The van der Waals surface area contributed by atoms with Crippen LogP contribution in [0.15, 0.2) is 84.9 Å². The molecular formula is C80H112N16O30. The average molecular weight is 1780 g/mol. The number of aliphatic hydroxyl groups is 1. The third kappa shape index (κ3) is 39.2. The maximum absolute atomic E-state index is 15.0. The molecule has 3 aromatic carbocycles. The number of amides is 14. The van der Waals surface area contributed by atoms with Crippen molar-refractivity contribution in [3.05, 3.63) is 102 Å². The minimum atomic E-state index is -2.29. The number of aliphatic carboxylic acids is 7. The number of hydrogen-bond donors (Lipinski definition) is 25. The van der Waals surface area contributed by atoms with Gasteiger partial charge in [-0.1, -0.05) is 107 Å². The van der Waals surface area contributed by atoms with Gasteiger partial charge in [-0.2, -0.15) is 0 Å². The van der Waals surface area contributed by atoms with Crippen LogP contribution in [-0.4, -0.2) is 268 Å². The summed E-state index contributed by atoms with van der Waals surface area (Å²) >= 11 is 0. The van der Waals surface area contributed by atoms with Gasteiger partial charge in [0.2, 0.25) is 82.7 Å². The minimum Gasteiger partial charge on any atom is -0.508 e. The number of phenols is 1. The van der Waals surface area contributed by atoms with Crippen LogP contribution in [0.2, 0.25) is 0 Å². The molecule has 0 aromatic heterocycles. The number of carboxylic acids is 7. The zero-order chi connectivity index (χ0) is 94.8. The number of carboxylic acid groups (broad SMARTS) is 7. The molecule has 0 saturated carbocycles. The monoisotopic (exact) mass is 1780 g/mol. The van der Waals surface area contributed by atoms with Gasteiger partial charge in [0.15, 0.2) is 0 Å². The standard InChI is InChI=1S/C80H112N16O30/c1-6-40(4)66(96-76(121)53(92-77(122)64(83)41(5)97)35-44-20-22-45(98)23-21-44)79(124)93-51(33-42-15-9-7-10-16-42)72(117)89-52(34-43-17-11-8-12-18-43)75(120)95-65(39(2)3)78(123)88-50(27-31-60(104)105)71(116)90-54(36-61(106)107)73(118)87-47(24-28-57(82)99)68(113)84-46(19-13-14-32-81)67(112)85-48(25-29-58(100)101)69(114)86-49(26-30-59(102)103)70(115)91-55(37-62(108)109)74(119)94-56(80(125)126)38-63(110)111/h7-12,15-18,20-23,39-41,46-56,64-66,97-98H,6,13-14,19,24-38,81,83H2,1-5H3,(H2,82,99)(H,84,113)(H,85,112)(H,86,114)(H,87,118)(H,88,123)(H,89,117)(H,90,116)(H,91,115)(H,92,122)(H,93,124)(H,94,119)(H,95,120)(H,96,121)(H,100,101)(H,102,103)(H,104,105)(H,106,107)(H,108,109)(H,110,111)(H,125,126)/t40-,41+,46-,47-,48-,49-,50-,51-,52-,53-,54-,55-,56-,64-,65-,66-/m0/s1. The number of hydrogen-bond acceptors (Lipinski definition) is 25. The van der Waals surface area contributed by atoms with Crippen molar-refractivity contribution < 1.29 is 147 Å². The van der Waals surface area contributed by atoms with Gasteiger partial charge >= 0.3 is 41.8 Å². The minimum absolute atomic E-state index is 0.0378. The molecule has 16 atom stereocenters. The summed E-state index contributed by atoms with van der Waals surface area (Å²) in [6.45, 7) is 7.42. The van der Waals surface area contributed by atoms with E-state index < -0.39 is 304 Å². The molecule has 0 aliphatic carbocycles. The lowest BCUT2D eigenvalue weighted by Crippen LogP contribution is -2.62. The summed E-state index contributed by atoms with van der Waals surface area (Å²) in [6.07, 6.45) is -13.0. The van der Waals surface area contributed by atoms with Crippen LogP contribution in [0.25, 0.3) is 0 Å². The Kier molecular flexibility index (Phi) is 45.6. The highest BCUT2D eigenvalue weighted by atomic mass is 16.4. The highest BCUT2D eigenvalue weighted by molar-refractivity contribution is 6.02. The van der Waals surface area contributed by atoms with Gasteiger partial charge in [0.05, 0.1) is 25.4 Å². The number of unbranched alkanes of at least 4 members (excludes halogenated alkanes) is 1. The predicted octanol–water partition coefficient (Wildman–Crippen LogP) is -5.37. The number of nitrogens with two attached hydrogens (primary N) is 3. The number of primary amides is 1. The molecule has 0 radical (unpaired) electrons. The fraction of sp³-hybridized carbons (Fsp3) is 0.512. The van der Waals surface area contributed by atoms with Crippen LogP contribution in [0.1, 0.15) is 148 Å². The Balaban J connectivity index is 2.04. The Bertz CT molecular complexity index is 4310. The summed E-state index contributed by atoms with van der Waals surface area (Å²) in [5, 5.41) is 117. The summed E-state index contributed by atoms with van der Waals surface area (Å²) in [6, 6.07) is -4.10. The van der Waals surface area contributed by atoms with E-state index in [0.29, 0.717) is 16.7 Å². The van der Waals surface area contributed by atoms with E-state index in [-0.39, 0.29) is 50.8 Å². The molecule has 28 N–H and O–H groups in total. The van der Waals surface area contributed by atoms with Gasteiger partial charge < -0.3 is 132 Å². The maximum atomic E-state index is 15.0. The molecule has 3 rings (SSSR count). The van der Waals surface area contributed by atoms with Crippen LogP contribution in [0, 0.1) is 11.8 Å². The van der Waals surface area contributed by atoms with E-state index in [9.17, 15) is 142 Å². The van der Waals surface area contributed by atoms with Crippen LogP contribution in [-0.2, 0) is 120 Å². The van der Waals surface area contributed by atoms with E-state index in [1.165, 1.54) is 45.0 Å². The summed E-state index contributed by atoms with van der Waals surface area (Å²) in [4.78, 5) is 281. The Morgan fingerprint density at radius 2 is 0.611 bits per heavy atom. The third-order valence-corrected chi connectivity index (χ3v) is 19.5. The zero-order valence-corrected chi connectivity index (χ0v) is 69.7. The molecule has 0 fully saturated rings. The first-order chi connectivity index (χ1) is 59.2. The van der Waals surface area contributed by atoms with Crippen molar-refractivity contribution in [2.75, 3.05) is 6.54 Å². The number of rotatable bonds is 59. The smallest absolute Gasteiger partial charge is 0.326 e. The van der Waals surface area contributed by atoms with Gasteiger partial charge in [-0.25, -0.2) is 4.79 Å². The third-order valence-electron chi connectivity index (χ3n) is 19.5. The predicted molar refractivity (Wildman–Crippen MR) is 437 cm³/mol. The van der Waals surface area contributed by atoms with Gasteiger partial charge in [0, 0.05) is 44.9 Å². The number of benzene rings is 3. The Morgan fingerprint density at radius 1 is 0.325 bits per heavy atom. The van der Waals surface area contributed by atoms with Crippen molar-refractivity contribution >= 4 is 124 Å². The maximum Gasteiger partial charge on any atom is 0.326 e. The van der Waals surface area contributed by atoms with E-state index in [1.807, 2.05) is 5.32 Å². The van der Waals surface area contributed by atoms with E-state index in [1.54, 1.807) is 79.8 Å². The van der Waals surface area contributed by atoms with Gasteiger partial charge in [0.25, 0.3) is 0 Å². The molecule has 0 unspecified atom stereocenters. The molecule has 0 spiro atoms. The average Bonchev–Trinajstić information content (AvgIpc) is 0.839. The van der Waals surface area contributed by atoms with E-state index in [4.69, 9.17) is 22.3 Å². The summed E-state index contributed by atoms with van der Waals surface area (Å²) in [7, 11) is 0. The molecule has 46 heteroatoms. The molecule has 0 bridgehead atoms. The van der Waals surface area contributed by atoms with Gasteiger partial charge in [-0.3, -0.25) is 95.9 Å². The van der Waals surface area contributed by atoms with Gasteiger partial charge in [-0.15, -0.1) is 0 Å². The molecule has 692 valence electrons. The molecule has 3 aromatic rings. The van der Waals surface area contributed by atoms with Crippen LogP contribution < -0.4 is 86.3 Å². The molecule has 14 amide bonds. The second kappa shape index (κ2) is 54.0. The van der Waals surface area contributed by atoms with Crippen molar-refractivity contribution in [1.29, 1.82) is 0 Å². The van der Waals surface area contributed by atoms with Crippen molar-refractivity contribution in [1.82, 2.24) is 69.1 Å². The number of aliphatic hydroxyl groups excluding tert-OH is 1. The van der Waals surface area contributed by atoms with Crippen LogP contribution >= 0.6 is 0 Å². The molecule has 46 nitrogen and oxygen atoms in total. The van der Waals surface area contributed by atoms with Gasteiger partial charge in [0.1, 0.15) is 90.3 Å². The number of nitrogens with one attached hydrogen (secondary N) is 13. The highest BCUT2D eigenvalue weighted by Gasteiger charge is 2.41. The second-order valence-corrected chi connectivity index (χ2v) is 30.0. The summed E-state index contributed by atoms with van der Waals surface area (Å²) in [5.41, 5.74) is 18.4. The SMILES string of the molecule is CC[C@H](C)[C@H](NC(=O)[C@H](Cc1ccc(O)cc1)NC(=O)[C@@H](N)[C@@H](C)O)C(=O)N[C@@H](Cc1ccccc1)C(=O)N[C@@H](Cc1ccccc1)C(=O)N[C@H](C(=O)N[C@@H](CCC(=O)O)C(=O)N[C@@H](CC(=O)O)C(=O)N[C@@H](CCC(N)=O)C(=O)N[C@@H](CCCCN)C(=O)N[C@@H](CCC(=O)O)C(=O)N[C@@H](CCC(=O)O)C(=O)N[C@@H](CC(=O)O)C(=O)N[C@@H](CC(=O)O)C(=O)O)C(C)C. The van der Waals surface area contributed by atoms with Crippen LogP contribution in [0.4, 0.5) is 0 Å². The van der Waals surface area contributed by atoms with E-state index >= 15 is 0 Å². The molecule has 0 heterocycles. The number of carbonyl (C=O) groups excluding carboxylic acids is 14. The summed E-state index contributed by atoms with van der Waals surface area (Å²) in [5.74, 6) is -31.1. The number of carbonyl (C=O) groups is 21. The van der Waals surface area contributed by atoms with Crippen molar-refractivity contribution in [3.63, 3.8) is 0 Å². The topological polar surface area (TPSA) is 775 Å². The van der Waals surface area contributed by atoms with Crippen molar-refractivity contribution in [3.8, 4) is 5.75 Å². The lowest BCUT2D eigenvalue weighted by molar-refractivity contribution is -0.148. The molecule has 0 saturated heterocycles. The number of phenolic OH excluding ortho intramolecular Hbond substituents is 1. The van der Waals surface area contributed by atoms with Crippen molar-refractivity contribution in [2.45, 2.75) is 241 Å². The molecular weight excluding hydrogens is 1660 g/mol. The van der Waals surface area contributed by atoms with Crippen LogP contribution in [0.3, 0.4) is 0 Å². The van der Waals surface area contributed by atoms with E-state index in [2.05, 4.69) is 58.5 Å². The van der Waals surface area contributed by atoms with Crippen molar-refractivity contribution in [2.24, 2.45) is 29.0 Å². The first-order valence-corrected chi connectivity index (χ1v) is 40.0. The van der Waals surface area contributed by atoms with E-state index in [0.717, 1.165) is 0 Å². The van der Waals surface area contributed by atoms with Gasteiger partial charge in [-0.05, 0) is 99.1 Å². The Hall–Kier alpha value is -13.8. The summed E-state index contributed by atoms with van der Waals surface area (Å²) < 4.78 is 0. The lowest BCUT2D eigenvalue weighted by atomic mass is 9.96. The largest absolute Gasteiger partial charge is 0.508 e. The zero-order valence-electron chi connectivity index (χ0n) is 69.7. The Morgan fingerprint density at radius 3 is 0.952 bits per heavy atom. The Labute approximate surface area is 721 Å². The number of aromatic hydroxyl groups is 1. The quantitative estimate of drug-likeness (QED) is 0.0235. The molecule has 126 heavy (non-hydrogen) atoms. The lowest BCUT2D eigenvalue weighted by Gasteiger charge is -2.30.